The Hall–Kier alpha value is -1.84. The van der Waals surface area contributed by atoms with E-state index < -0.39 is 0 Å². The van der Waals surface area contributed by atoms with Crippen molar-refractivity contribution < 1.29 is 5.11 Å². The quantitative estimate of drug-likeness (QED) is 0.843. The normalized spacial score (nSPS) is 25.8. The number of likely N-dealkylation sites (tertiary alicyclic amines) is 2. The molecule has 2 aromatic carbocycles. The maximum atomic E-state index is 9.74. The van der Waals surface area contributed by atoms with Crippen molar-refractivity contribution in [2.45, 2.75) is 50.6 Å². The third-order valence-corrected chi connectivity index (χ3v) is 7.24. The molecule has 148 valence electrons. The Morgan fingerprint density at radius 1 is 0.964 bits per heavy atom. The maximum absolute atomic E-state index is 9.74. The summed E-state index contributed by atoms with van der Waals surface area (Å²) in [6.07, 6.45) is 6.76. The second kappa shape index (κ2) is 7.53. The molecule has 0 unspecified atom stereocenters. The van der Waals surface area contributed by atoms with E-state index in [-0.39, 0.29) is 0 Å². The highest BCUT2D eigenvalue weighted by atomic mass is 16.3. The van der Waals surface area contributed by atoms with Crippen LogP contribution in [0.1, 0.15) is 49.1 Å². The first kappa shape index (κ1) is 18.2. The summed E-state index contributed by atoms with van der Waals surface area (Å²) in [6.45, 7) is 5.87. The van der Waals surface area contributed by atoms with Gasteiger partial charge in [0.25, 0.3) is 0 Å². The molecule has 2 aromatic rings. The molecule has 1 spiro atoms. The van der Waals surface area contributed by atoms with Crippen molar-refractivity contribution in [2.24, 2.45) is 5.41 Å². The van der Waals surface area contributed by atoms with Gasteiger partial charge in [0.05, 0.1) is 0 Å². The van der Waals surface area contributed by atoms with Gasteiger partial charge in [-0.1, -0.05) is 42.5 Å². The molecule has 3 fully saturated rings. The van der Waals surface area contributed by atoms with Crippen molar-refractivity contribution in [1.82, 2.24) is 9.80 Å². The Morgan fingerprint density at radius 3 is 2.46 bits per heavy atom. The highest BCUT2D eigenvalue weighted by molar-refractivity contribution is 5.27. The third-order valence-electron chi connectivity index (χ3n) is 7.24. The van der Waals surface area contributed by atoms with Gasteiger partial charge in [0.2, 0.25) is 0 Å². The smallest absolute Gasteiger partial charge is 0.115 e. The Balaban J connectivity index is 1.28. The van der Waals surface area contributed by atoms with Crippen LogP contribution in [0.3, 0.4) is 0 Å². The molecule has 2 heterocycles. The van der Waals surface area contributed by atoms with E-state index in [1.165, 1.54) is 69.4 Å². The van der Waals surface area contributed by atoms with Crippen LogP contribution in [0.4, 0.5) is 0 Å². The minimum Gasteiger partial charge on any atom is -0.508 e. The van der Waals surface area contributed by atoms with Gasteiger partial charge >= 0.3 is 0 Å². The number of nitrogens with zero attached hydrogens (tertiary/aromatic N) is 2. The zero-order chi connectivity index (χ0) is 19.0. The fourth-order valence-electron chi connectivity index (χ4n) is 5.56. The number of phenolic OH excluding ortho intramolecular Hbond substituents is 1. The average Bonchev–Trinajstić information content (AvgIpc) is 3.56. The molecule has 3 aliphatic rings. The summed E-state index contributed by atoms with van der Waals surface area (Å²) in [5.74, 6) is 1.07. The van der Waals surface area contributed by atoms with Crippen LogP contribution in [0.5, 0.6) is 5.75 Å². The Labute approximate surface area is 169 Å². The molecular weight excluding hydrogens is 344 g/mol. The number of rotatable bonds is 4. The molecule has 1 aliphatic carbocycles. The fourth-order valence-corrected chi connectivity index (χ4v) is 5.56. The first-order valence-electron chi connectivity index (χ1n) is 11.0. The summed E-state index contributed by atoms with van der Waals surface area (Å²) in [5.41, 5.74) is 3.24. The minimum atomic E-state index is 0.379. The van der Waals surface area contributed by atoms with Crippen molar-refractivity contribution in [3.05, 3.63) is 65.7 Å². The molecule has 28 heavy (non-hydrogen) atoms. The zero-order valence-corrected chi connectivity index (χ0v) is 16.8. The summed E-state index contributed by atoms with van der Waals surface area (Å²) in [6, 6.07) is 19.8. The van der Waals surface area contributed by atoms with Crippen LogP contribution in [0.25, 0.3) is 0 Å². The predicted molar refractivity (Wildman–Crippen MR) is 113 cm³/mol. The minimum absolute atomic E-state index is 0.379. The Morgan fingerprint density at radius 2 is 1.75 bits per heavy atom. The molecule has 0 aromatic heterocycles. The lowest BCUT2D eigenvalue weighted by atomic mass is 9.68. The predicted octanol–water partition coefficient (Wildman–Crippen LogP) is 4.63. The largest absolute Gasteiger partial charge is 0.508 e. The summed E-state index contributed by atoms with van der Waals surface area (Å²) < 4.78 is 0. The van der Waals surface area contributed by atoms with Crippen LogP contribution in [0, 0.1) is 5.41 Å². The van der Waals surface area contributed by atoms with Crippen LogP contribution in [0.2, 0.25) is 0 Å². The molecule has 5 rings (SSSR count). The van der Waals surface area contributed by atoms with Gasteiger partial charge in [-0.25, -0.2) is 0 Å². The van der Waals surface area contributed by atoms with Gasteiger partial charge in [0.15, 0.2) is 0 Å². The molecular formula is C25H32N2O. The van der Waals surface area contributed by atoms with Crippen molar-refractivity contribution in [2.75, 3.05) is 26.2 Å². The number of phenols is 1. The van der Waals surface area contributed by atoms with E-state index in [2.05, 4.69) is 46.2 Å². The van der Waals surface area contributed by atoms with E-state index in [0.29, 0.717) is 17.1 Å². The lowest BCUT2D eigenvalue weighted by Crippen LogP contribution is -2.52. The summed E-state index contributed by atoms with van der Waals surface area (Å²) >= 11 is 0. The van der Waals surface area contributed by atoms with E-state index in [9.17, 15) is 5.11 Å². The number of benzene rings is 2. The van der Waals surface area contributed by atoms with E-state index in [1.54, 1.807) is 6.07 Å². The maximum Gasteiger partial charge on any atom is 0.115 e. The monoisotopic (exact) mass is 376 g/mol. The third kappa shape index (κ3) is 3.97. The zero-order valence-electron chi connectivity index (χ0n) is 16.8. The standard InChI is InChI=1S/C25H32N2O/c28-24-8-4-5-20(15-24)17-26-13-11-25(12-14-26)16-22(21-6-2-1-3-7-21)18-27(19-25)23-9-10-23/h1-8,15,22-23,28H,9-14,16-19H2/t22-/m0/s1. The lowest BCUT2D eigenvalue weighted by molar-refractivity contribution is 0.00829. The molecule has 0 bridgehead atoms. The van der Waals surface area contributed by atoms with Gasteiger partial charge < -0.3 is 5.11 Å². The van der Waals surface area contributed by atoms with Crippen LogP contribution in [-0.4, -0.2) is 47.1 Å². The van der Waals surface area contributed by atoms with Crippen molar-refractivity contribution in [3.63, 3.8) is 0 Å². The fraction of sp³-hybridized carbons (Fsp3) is 0.520. The van der Waals surface area contributed by atoms with Gasteiger partial charge in [-0.2, -0.15) is 0 Å². The van der Waals surface area contributed by atoms with Gasteiger partial charge in [-0.15, -0.1) is 0 Å². The second-order valence-corrected chi connectivity index (χ2v) is 9.42. The summed E-state index contributed by atoms with van der Waals surface area (Å²) in [5, 5.41) is 9.74. The number of hydrogen-bond donors (Lipinski definition) is 1. The van der Waals surface area contributed by atoms with Gasteiger partial charge in [0, 0.05) is 25.7 Å². The number of aromatic hydroxyl groups is 1. The highest BCUT2D eigenvalue weighted by Crippen LogP contribution is 2.47. The molecule has 2 aliphatic heterocycles. The summed E-state index contributed by atoms with van der Waals surface area (Å²) in [7, 11) is 0. The molecule has 3 heteroatoms. The summed E-state index contributed by atoms with van der Waals surface area (Å²) in [4.78, 5) is 5.40. The Kier molecular flexibility index (Phi) is 4.90. The molecule has 1 atom stereocenters. The van der Waals surface area contributed by atoms with Crippen LogP contribution in [0.15, 0.2) is 54.6 Å². The van der Waals surface area contributed by atoms with E-state index >= 15 is 0 Å². The molecule has 0 radical (unpaired) electrons. The van der Waals surface area contributed by atoms with Crippen molar-refractivity contribution in [1.29, 1.82) is 0 Å². The van der Waals surface area contributed by atoms with Gasteiger partial charge in [-0.05, 0) is 79.8 Å². The topological polar surface area (TPSA) is 26.7 Å². The highest BCUT2D eigenvalue weighted by Gasteiger charge is 2.45. The molecule has 1 saturated carbocycles. The van der Waals surface area contributed by atoms with E-state index in [0.717, 1.165) is 12.6 Å². The van der Waals surface area contributed by atoms with E-state index in [1.807, 2.05) is 12.1 Å². The van der Waals surface area contributed by atoms with Crippen molar-refractivity contribution >= 4 is 0 Å². The first-order chi connectivity index (χ1) is 13.7. The van der Waals surface area contributed by atoms with Gasteiger partial charge in [0.1, 0.15) is 5.75 Å². The van der Waals surface area contributed by atoms with Gasteiger partial charge in [-0.3, -0.25) is 9.80 Å². The number of piperidine rings is 2. The van der Waals surface area contributed by atoms with Crippen LogP contribution >= 0.6 is 0 Å². The van der Waals surface area contributed by atoms with Crippen LogP contribution in [-0.2, 0) is 6.54 Å². The SMILES string of the molecule is Oc1cccc(CN2CCC3(CC2)C[C@H](c2ccccc2)CN(C2CC2)C3)c1. The molecule has 0 amide bonds. The lowest BCUT2D eigenvalue weighted by Gasteiger charge is -2.50. The second-order valence-electron chi connectivity index (χ2n) is 9.42. The van der Waals surface area contributed by atoms with Crippen molar-refractivity contribution in [3.8, 4) is 5.75 Å². The molecule has 2 saturated heterocycles. The average molecular weight is 377 g/mol. The Bertz CT molecular complexity index is 793. The molecule has 1 N–H and O–H groups in total. The van der Waals surface area contributed by atoms with Crippen LogP contribution < -0.4 is 0 Å². The molecule has 3 nitrogen and oxygen atoms in total. The van der Waals surface area contributed by atoms with E-state index in [4.69, 9.17) is 0 Å². The first-order valence-corrected chi connectivity index (χ1v) is 11.0. The number of hydrogen-bond acceptors (Lipinski definition) is 3.